The maximum absolute atomic E-state index is 13.3. The van der Waals surface area contributed by atoms with Gasteiger partial charge in [0, 0.05) is 12.8 Å². The van der Waals surface area contributed by atoms with Crippen LogP contribution in [-0.2, 0) is 30.4 Å². The lowest BCUT2D eigenvalue weighted by Crippen LogP contribution is -2.59. The zero-order valence-electron chi connectivity index (χ0n) is 21.6. The molecule has 1 rings (SSSR count). The van der Waals surface area contributed by atoms with E-state index in [0.29, 0.717) is 12.0 Å². The Morgan fingerprint density at radius 1 is 0.838 bits per heavy atom. The van der Waals surface area contributed by atoms with E-state index in [9.17, 15) is 34.2 Å². The zero-order chi connectivity index (χ0) is 28.3. The van der Waals surface area contributed by atoms with E-state index in [1.165, 1.54) is 12.1 Å². The molecule has 8 N–H and O–H groups in total. The summed E-state index contributed by atoms with van der Waals surface area (Å²) in [5.74, 6) is -4.94. The number of aliphatic carboxylic acids is 2. The van der Waals surface area contributed by atoms with Gasteiger partial charge in [0.05, 0.1) is 6.04 Å². The van der Waals surface area contributed by atoms with E-state index in [1.807, 2.05) is 13.8 Å². The summed E-state index contributed by atoms with van der Waals surface area (Å²) in [6, 6.07) is 1.45. The van der Waals surface area contributed by atoms with Crippen LogP contribution in [0, 0.1) is 11.8 Å². The molecule has 12 nitrogen and oxygen atoms in total. The van der Waals surface area contributed by atoms with Crippen molar-refractivity contribution in [2.75, 3.05) is 0 Å². The predicted molar refractivity (Wildman–Crippen MR) is 134 cm³/mol. The Balaban J connectivity index is 3.09. The molecule has 3 amide bonds. The van der Waals surface area contributed by atoms with E-state index in [0.717, 1.165) is 0 Å². The first-order valence-electron chi connectivity index (χ1n) is 12.1. The zero-order valence-corrected chi connectivity index (χ0v) is 21.6. The normalized spacial score (nSPS) is 14.4. The van der Waals surface area contributed by atoms with Crippen molar-refractivity contribution in [3.05, 3.63) is 29.8 Å². The molecule has 0 saturated heterocycles. The number of hydrogen-bond acceptors (Lipinski definition) is 7. The molecule has 0 aliphatic carbocycles. The minimum atomic E-state index is -1.46. The van der Waals surface area contributed by atoms with E-state index >= 15 is 0 Å². The van der Waals surface area contributed by atoms with Gasteiger partial charge in [-0.15, -0.1) is 0 Å². The number of carboxylic acids is 2. The van der Waals surface area contributed by atoms with Crippen molar-refractivity contribution in [1.82, 2.24) is 16.0 Å². The summed E-state index contributed by atoms with van der Waals surface area (Å²) >= 11 is 0. The van der Waals surface area contributed by atoms with Gasteiger partial charge in [0.25, 0.3) is 0 Å². The molecule has 1 aromatic carbocycles. The number of hydrogen-bond donors (Lipinski definition) is 7. The summed E-state index contributed by atoms with van der Waals surface area (Å²) in [6.45, 7) is 7.09. The van der Waals surface area contributed by atoms with Crippen LogP contribution in [0.5, 0.6) is 5.75 Å². The fraction of sp³-hybridized carbons (Fsp3) is 0.560. The highest BCUT2D eigenvalue weighted by Gasteiger charge is 2.32. The predicted octanol–water partition coefficient (Wildman–Crippen LogP) is 0.368. The lowest BCUT2D eigenvalue weighted by Gasteiger charge is -2.27. The molecule has 4 unspecified atom stereocenters. The number of benzene rings is 1. The molecule has 206 valence electrons. The largest absolute Gasteiger partial charge is 0.508 e. The SMILES string of the molecule is CC(C)CC(N)C(=O)NC(Cc1ccc(O)cc1)C(=O)NC(C(=O)NC(CCC(=O)O)C(=O)O)C(C)C. The van der Waals surface area contributed by atoms with Crippen molar-refractivity contribution >= 4 is 29.7 Å². The fourth-order valence-corrected chi connectivity index (χ4v) is 3.55. The van der Waals surface area contributed by atoms with E-state index in [1.54, 1.807) is 26.0 Å². The molecule has 0 aliphatic heterocycles. The highest BCUT2D eigenvalue weighted by Crippen LogP contribution is 2.13. The molecule has 0 bridgehead atoms. The molecular formula is C25H38N4O8. The molecule has 0 saturated carbocycles. The van der Waals surface area contributed by atoms with Gasteiger partial charge in [-0.3, -0.25) is 19.2 Å². The van der Waals surface area contributed by atoms with E-state index in [4.69, 9.17) is 10.8 Å². The molecule has 0 aromatic heterocycles. The number of aromatic hydroxyl groups is 1. The van der Waals surface area contributed by atoms with Crippen molar-refractivity contribution in [2.24, 2.45) is 17.6 Å². The van der Waals surface area contributed by atoms with Crippen LogP contribution in [0.4, 0.5) is 0 Å². The molecule has 4 atom stereocenters. The highest BCUT2D eigenvalue weighted by molar-refractivity contribution is 5.94. The second kappa shape index (κ2) is 14.8. The number of nitrogens with two attached hydrogens (primary N) is 1. The van der Waals surface area contributed by atoms with Crippen molar-refractivity contribution < 1.29 is 39.3 Å². The van der Waals surface area contributed by atoms with Gasteiger partial charge in [0.15, 0.2) is 0 Å². The molecule has 1 aromatic rings. The van der Waals surface area contributed by atoms with Crippen molar-refractivity contribution in [3.8, 4) is 5.75 Å². The van der Waals surface area contributed by atoms with Crippen LogP contribution in [0.25, 0.3) is 0 Å². The Hall–Kier alpha value is -3.67. The van der Waals surface area contributed by atoms with E-state index in [2.05, 4.69) is 16.0 Å². The number of amides is 3. The first-order chi connectivity index (χ1) is 17.2. The summed E-state index contributed by atoms with van der Waals surface area (Å²) in [4.78, 5) is 61.1. The Kier molecular flexibility index (Phi) is 12.5. The number of carbonyl (C=O) groups excluding carboxylic acids is 3. The van der Waals surface area contributed by atoms with Gasteiger partial charge < -0.3 is 37.0 Å². The molecule has 12 heteroatoms. The number of phenols is 1. The van der Waals surface area contributed by atoms with Crippen molar-refractivity contribution in [2.45, 2.75) is 77.5 Å². The average molecular weight is 523 g/mol. The van der Waals surface area contributed by atoms with E-state index < -0.39 is 66.2 Å². The number of carbonyl (C=O) groups is 5. The number of carboxylic acid groups (broad SMARTS) is 2. The maximum Gasteiger partial charge on any atom is 0.326 e. The lowest BCUT2D eigenvalue weighted by atomic mass is 9.99. The first-order valence-corrected chi connectivity index (χ1v) is 12.1. The number of rotatable bonds is 15. The molecule has 0 fully saturated rings. The van der Waals surface area contributed by atoms with Gasteiger partial charge in [-0.05, 0) is 42.4 Å². The fourth-order valence-electron chi connectivity index (χ4n) is 3.55. The van der Waals surface area contributed by atoms with Crippen LogP contribution >= 0.6 is 0 Å². The highest BCUT2D eigenvalue weighted by atomic mass is 16.4. The van der Waals surface area contributed by atoms with Crippen LogP contribution in [0.2, 0.25) is 0 Å². The van der Waals surface area contributed by atoms with E-state index in [-0.39, 0.29) is 24.5 Å². The Morgan fingerprint density at radius 2 is 1.41 bits per heavy atom. The maximum atomic E-state index is 13.3. The molecule has 0 aliphatic rings. The molecule has 0 radical (unpaired) electrons. The minimum Gasteiger partial charge on any atom is -0.508 e. The lowest BCUT2D eigenvalue weighted by molar-refractivity contribution is -0.143. The quantitative estimate of drug-likeness (QED) is 0.169. The first kappa shape index (κ1) is 31.4. The standard InChI is InChI=1S/C25H38N4O8/c1-13(2)11-17(26)22(33)28-19(12-15-5-7-16(30)8-6-15)23(34)29-21(14(3)4)24(35)27-18(25(36)37)9-10-20(31)32/h5-8,13-14,17-19,21,30H,9-12,26H2,1-4H3,(H,27,35)(H,28,33)(H,29,34)(H,31,32)(H,36,37). The Morgan fingerprint density at radius 3 is 1.89 bits per heavy atom. The topological polar surface area (TPSA) is 208 Å². The van der Waals surface area contributed by atoms with Gasteiger partial charge >= 0.3 is 11.9 Å². The van der Waals surface area contributed by atoms with Gasteiger partial charge in [0.1, 0.15) is 23.9 Å². The van der Waals surface area contributed by atoms with Crippen molar-refractivity contribution in [1.29, 1.82) is 0 Å². The third-order valence-corrected chi connectivity index (χ3v) is 5.58. The summed E-state index contributed by atoms with van der Waals surface area (Å²) in [5.41, 5.74) is 6.60. The second-order valence-corrected chi connectivity index (χ2v) is 9.73. The molecular weight excluding hydrogens is 484 g/mol. The monoisotopic (exact) mass is 522 g/mol. The summed E-state index contributed by atoms with van der Waals surface area (Å²) in [6.07, 6.45) is -0.367. The second-order valence-electron chi connectivity index (χ2n) is 9.73. The van der Waals surface area contributed by atoms with Gasteiger partial charge in [-0.1, -0.05) is 39.8 Å². The van der Waals surface area contributed by atoms with Gasteiger partial charge in [-0.25, -0.2) is 4.79 Å². The third-order valence-electron chi connectivity index (χ3n) is 5.58. The third kappa shape index (κ3) is 11.3. The Bertz CT molecular complexity index is 949. The van der Waals surface area contributed by atoms with Crippen LogP contribution in [0.15, 0.2) is 24.3 Å². The molecule has 37 heavy (non-hydrogen) atoms. The average Bonchev–Trinajstić information content (AvgIpc) is 2.79. The van der Waals surface area contributed by atoms with Gasteiger partial charge in [-0.2, -0.15) is 0 Å². The number of phenolic OH excluding ortho intramolecular Hbond substituents is 1. The molecule has 0 spiro atoms. The van der Waals surface area contributed by atoms with Crippen LogP contribution < -0.4 is 21.7 Å². The molecule has 0 heterocycles. The smallest absolute Gasteiger partial charge is 0.326 e. The van der Waals surface area contributed by atoms with Crippen LogP contribution in [-0.4, -0.2) is 69.1 Å². The van der Waals surface area contributed by atoms with Crippen LogP contribution in [0.1, 0.15) is 52.5 Å². The minimum absolute atomic E-state index is 0.0279. The number of nitrogens with one attached hydrogen (secondary N) is 3. The Labute approximate surface area is 216 Å². The van der Waals surface area contributed by atoms with Gasteiger partial charge in [0.2, 0.25) is 17.7 Å². The summed E-state index contributed by atoms with van der Waals surface area (Å²) < 4.78 is 0. The summed E-state index contributed by atoms with van der Waals surface area (Å²) in [5, 5.41) is 35.2. The van der Waals surface area contributed by atoms with Crippen molar-refractivity contribution in [3.63, 3.8) is 0 Å². The van der Waals surface area contributed by atoms with Crippen LogP contribution in [0.3, 0.4) is 0 Å². The summed E-state index contributed by atoms with van der Waals surface area (Å²) in [7, 11) is 0.